The zero-order chi connectivity index (χ0) is 13.6. The van der Waals surface area contributed by atoms with Gasteiger partial charge in [0.1, 0.15) is 6.04 Å². The number of ether oxygens (including phenoxy) is 1. The van der Waals surface area contributed by atoms with Crippen LogP contribution < -0.4 is 0 Å². The van der Waals surface area contributed by atoms with Crippen molar-refractivity contribution in [2.75, 3.05) is 0 Å². The Kier molecular flexibility index (Phi) is 2.51. The van der Waals surface area contributed by atoms with Crippen LogP contribution in [0.3, 0.4) is 0 Å². The quantitative estimate of drug-likeness (QED) is 0.801. The van der Waals surface area contributed by atoms with Gasteiger partial charge in [0.25, 0.3) is 0 Å². The van der Waals surface area contributed by atoms with Crippen LogP contribution >= 0.6 is 0 Å². The molecule has 1 amide bonds. The number of fused-ring (bicyclic) bond motifs is 1. The van der Waals surface area contributed by atoms with Crippen molar-refractivity contribution in [2.45, 2.75) is 25.1 Å². The minimum absolute atomic E-state index is 0.160. The highest BCUT2D eigenvalue weighted by atomic mass is 16.6. The number of likely N-dealkylation sites (tertiary alicyclic amines) is 1. The lowest BCUT2D eigenvalue weighted by atomic mass is 10.1. The maximum atomic E-state index is 11.9. The van der Waals surface area contributed by atoms with E-state index in [-0.39, 0.29) is 18.7 Å². The third kappa shape index (κ3) is 1.68. The van der Waals surface area contributed by atoms with Crippen molar-refractivity contribution in [1.82, 2.24) is 4.90 Å². The number of benzene rings is 1. The summed E-state index contributed by atoms with van der Waals surface area (Å²) in [5, 5.41) is 9.14. The molecule has 19 heavy (non-hydrogen) atoms. The lowest BCUT2D eigenvalue weighted by Crippen LogP contribution is -2.41. The van der Waals surface area contributed by atoms with Crippen molar-refractivity contribution < 1.29 is 24.2 Å². The smallest absolute Gasteiger partial charge is 0.340 e. The van der Waals surface area contributed by atoms with Crippen LogP contribution in [0.5, 0.6) is 0 Å². The van der Waals surface area contributed by atoms with Gasteiger partial charge in [0.15, 0.2) is 0 Å². The second-order valence-electron chi connectivity index (χ2n) is 4.54. The normalized spacial score (nSPS) is 25.4. The topological polar surface area (TPSA) is 83.9 Å². The van der Waals surface area contributed by atoms with Crippen LogP contribution in [0, 0.1) is 0 Å². The molecule has 98 valence electrons. The Balaban J connectivity index is 2.01. The Hall–Kier alpha value is -2.37. The summed E-state index contributed by atoms with van der Waals surface area (Å²) in [6, 6.07) is 5.77. The standard InChI is InChI=1S/C13H11NO5/c15-10-6-5-9(12(16)17)14(10)11-7-3-1-2-4-8(7)13(18)19-11/h1-4,9,11H,5-6H2,(H,16,17)/t9-,11?/m1/s1. The summed E-state index contributed by atoms with van der Waals surface area (Å²) in [5.74, 6) is -1.90. The lowest BCUT2D eigenvalue weighted by Gasteiger charge is -2.27. The van der Waals surface area contributed by atoms with E-state index in [0.717, 1.165) is 4.90 Å². The van der Waals surface area contributed by atoms with Crippen LogP contribution in [0.4, 0.5) is 0 Å². The molecule has 6 heteroatoms. The van der Waals surface area contributed by atoms with E-state index in [2.05, 4.69) is 0 Å². The number of rotatable bonds is 2. The average Bonchev–Trinajstić information content (AvgIpc) is 2.91. The fraction of sp³-hybridized carbons (Fsp3) is 0.308. The molecule has 3 rings (SSSR count). The Morgan fingerprint density at radius 3 is 2.79 bits per heavy atom. The fourth-order valence-corrected chi connectivity index (χ4v) is 2.57. The molecule has 0 aliphatic carbocycles. The van der Waals surface area contributed by atoms with Gasteiger partial charge in [-0.05, 0) is 12.5 Å². The molecule has 0 aromatic heterocycles. The molecule has 1 fully saturated rings. The zero-order valence-corrected chi connectivity index (χ0v) is 9.91. The highest BCUT2D eigenvalue weighted by molar-refractivity contribution is 5.95. The highest BCUT2D eigenvalue weighted by Crippen LogP contribution is 2.37. The second kappa shape index (κ2) is 4.08. The first kappa shape index (κ1) is 11.7. The molecule has 1 aromatic rings. The van der Waals surface area contributed by atoms with Crippen molar-refractivity contribution in [1.29, 1.82) is 0 Å². The van der Waals surface area contributed by atoms with Gasteiger partial charge in [-0.1, -0.05) is 18.2 Å². The summed E-state index contributed by atoms with van der Waals surface area (Å²) in [7, 11) is 0. The first-order chi connectivity index (χ1) is 9.09. The Labute approximate surface area is 108 Å². The van der Waals surface area contributed by atoms with Crippen LogP contribution in [0.2, 0.25) is 0 Å². The maximum absolute atomic E-state index is 11.9. The zero-order valence-electron chi connectivity index (χ0n) is 9.91. The van der Waals surface area contributed by atoms with Crippen LogP contribution in [0.15, 0.2) is 24.3 Å². The molecule has 1 aromatic carbocycles. The number of amides is 1. The minimum Gasteiger partial charge on any atom is -0.480 e. The molecule has 0 saturated carbocycles. The van der Waals surface area contributed by atoms with E-state index >= 15 is 0 Å². The van der Waals surface area contributed by atoms with E-state index in [1.54, 1.807) is 24.3 Å². The van der Waals surface area contributed by atoms with Gasteiger partial charge in [0.05, 0.1) is 5.56 Å². The van der Waals surface area contributed by atoms with E-state index in [1.807, 2.05) is 0 Å². The summed E-state index contributed by atoms with van der Waals surface area (Å²) >= 11 is 0. The Morgan fingerprint density at radius 1 is 1.32 bits per heavy atom. The predicted octanol–water partition coefficient (Wildman–Crippen LogP) is 0.931. The minimum atomic E-state index is -1.08. The summed E-state index contributed by atoms with van der Waals surface area (Å²) in [4.78, 5) is 35.9. The van der Waals surface area contributed by atoms with Crippen LogP contribution in [0.1, 0.15) is 35.0 Å². The van der Waals surface area contributed by atoms with Crippen molar-refractivity contribution in [2.24, 2.45) is 0 Å². The Morgan fingerprint density at radius 2 is 2.05 bits per heavy atom. The summed E-state index contributed by atoms with van der Waals surface area (Å²) < 4.78 is 5.17. The largest absolute Gasteiger partial charge is 0.480 e. The molecule has 2 atom stereocenters. The van der Waals surface area contributed by atoms with Gasteiger partial charge in [0.2, 0.25) is 12.1 Å². The molecular weight excluding hydrogens is 250 g/mol. The first-order valence-corrected chi connectivity index (χ1v) is 5.93. The fourth-order valence-electron chi connectivity index (χ4n) is 2.57. The molecule has 2 heterocycles. The van der Waals surface area contributed by atoms with Crippen LogP contribution in [-0.2, 0) is 14.3 Å². The van der Waals surface area contributed by atoms with Crippen molar-refractivity contribution >= 4 is 17.8 Å². The monoisotopic (exact) mass is 261 g/mol. The molecular formula is C13H11NO5. The van der Waals surface area contributed by atoms with Gasteiger partial charge in [-0.15, -0.1) is 0 Å². The Bertz CT molecular complexity index is 582. The van der Waals surface area contributed by atoms with E-state index in [0.29, 0.717) is 11.1 Å². The number of hydrogen-bond acceptors (Lipinski definition) is 4. The lowest BCUT2D eigenvalue weighted by molar-refractivity contribution is -0.154. The van der Waals surface area contributed by atoms with Gasteiger partial charge < -0.3 is 9.84 Å². The van der Waals surface area contributed by atoms with E-state index < -0.39 is 24.2 Å². The maximum Gasteiger partial charge on any atom is 0.340 e. The SMILES string of the molecule is O=C1OC(N2C(=O)CC[C@@H]2C(=O)O)c2ccccc21. The average molecular weight is 261 g/mol. The molecule has 1 saturated heterocycles. The highest BCUT2D eigenvalue weighted by Gasteiger charge is 2.46. The van der Waals surface area contributed by atoms with E-state index in [9.17, 15) is 14.4 Å². The summed E-state index contributed by atoms with van der Waals surface area (Å²) in [6.45, 7) is 0. The van der Waals surface area contributed by atoms with E-state index in [4.69, 9.17) is 9.84 Å². The van der Waals surface area contributed by atoms with Crippen LogP contribution in [-0.4, -0.2) is 33.9 Å². The number of carboxylic acid groups (broad SMARTS) is 1. The first-order valence-electron chi connectivity index (χ1n) is 5.93. The van der Waals surface area contributed by atoms with Gasteiger partial charge in [-0.3, -0.25) is 9.69 Å². The number of carbonyl (C=O) groups excluding carboxylic acids is 2. The molecule has 0 bridgehead atoms. The van der Waals surface area contributed by atoms with Crippen LogP contribution in [0.25, 0.3) is 0 Å². The predicted molar refractivity (Wildman–Crippen MR) is 62.1 cm³/mol. The molecule has 1 unspecified atom stereocenters. The number of carboxylic acids is 1. The van der Waals surface area contributed by atoms with Gasteiger partial charge >= 0.3 is 11.9 Å². The molecule has 2 aliphatic rings. The third-order valence-electron chi connectivity index (χ3n) is 3.46. The third-order valence-corrected chi connectivity index (χ3v) is 3.46. The number of aliphatic carboxylic acids is 1. The molecule has 0 radical (unpaired) electrons. The van der Waals surface area contributed by atoms with Gasteiger partial charge in [-0.25, -0.2) is 9.59 Å². The summed E-state index contributed by atoms with van der Waals surface area (Å²) in [6.07, 6.45) is -0.516. The molecule has 0 spiro atoms. The van der Waals surface area contributed by atoms with Crippen molar-refractivity contribution in [3.63, 3.8) is 0 Å². The summed E-state index contributed by atoms with van der Waals surface area (Å²) in [5.41, 5.74) is 0.935. The van der Waals surface area contributed by atoms with Crippen molar-refractivity contribution in [3.8, 4) is 0 Å². The number of nitrogens with zero attached hydrogens (tertiary/aromatic N) is 1. The molecule has 1 N–H and O–H groups in total. The molecule has 6 nitrogen and oxygen atoms in total. The number of esters is 1. The van der Waals surface area contributed by atoms with Gasteiger partial charge in [0, 0.05) is 12.0 Å². The van der Waals surface area contributed by atoms with Crippen molar-refractivity contribution in [3.05, 3.63) is 35.4 Å². The number of carbonyl (C=O) groups is 3. The second-order valence-corrected chi connectivity index (χ2v) is 4.54. The number of cyclic esters (lactones) is 1. The molecule has 2 aliphatic heterocycles. The van der Waals surface area contributed by atoms with E-state index in [1.165, 1.54) is 0 Å². The van der Waals surface area contributed by atoms with Gasteiger partial charge in [-0.2, -0.15) is 0 Å². The number of hydrogen-bond donors (Lipinski definition) is 1.